The molecule has 0 fully saturated rings. The van der Waals surface area contributed by atoms with Gasteiger partial charge in [0.25, 0.3) is 0 Å². The molecule has 0 rings (SSSR count). The molecule has 0 saturated heterocycles. The third-order valence-corrected chi connectivity index (χ3v) is 0.671. The number of hydrogen-bond donors (Lipinski definition) is 2. The maximum absolute atomic E-state index is 3.92. The number of hydrogen-bond acceptors (Lipinski definition) is 2. The first kappa shape index (κ1) is 9.85. The standard InChI is InChI=1S/C3H8S.CH4S/c1-2-3-4;1-2/h4H,2-3H2,1H3;2H,1H3. The lowest BCUT2D eigenvalue weighted by atomic mass is 10.6. The highest BCUT2D eigenvalue weighted by atomic mass is 32.1. The van der Waals surface area contributed by atoms with Gasteiger partial charge in [-0.15, -0.1) is 0 Å². The van der Waals surface area contributed by atoms with Crippen molar-refractivity contribution in [3.8, 4) is 0 Å². The SMILES string of the molecule is CCCS.CS. The molecule has 0 amide bonds. The predicted molar refractivity (Wildman–Crippen MR) is 39.1 cm³/mol. The molecule has 0 atom stereocenters. The van der Waals surface area contributed by atoms with Crippen LogP contribution in [0.4, 0.5) is 0 Å². The summed E-state index contributed by atoms with van der Waals surface area (Å²) in [5, 5.41) is 0. The molecule has 2 heteroatoms. The first-order valence-electron chi connectivity index (χ1n) is 1.97. The second-order valence-electron chi connectivity index (χ2n) is 0.724. The van der Waals surface area contributed by atoms with E-state index in [2.05, 4.69) is 32.2 Å². The predicted octanol–water partition coefficient (Wildman–Crippen LogP) is 1.87. The molecule has 0 spiro atoms. The molecule has 0 radical (unpaired) electrons. The van der Waals surface area contributed by atoms with Crippen molar-refractivity contribution in [1.82, 2.24) is 0 Å². The topological polar surface area (TPSA) is 0 Å². The highest BCUT2D eigenvalue weighted by molar-refractivity contribution is 7.80. The van der Waals surface area contributed by atoms with E-state index in [-0.39, 0.29) is 0 Å². The first-order valence-corrected chi connectivity index (χ1v) is 3.50. The summed E-state index contributed by atoms with van der Waals surface area (Å²) >= 11 is 7.45. The van der Waals surface area contributed by atoms with Gasteiger partial charge in [0.2, 0.25) is 0 Å². The van der Waals surface area contributed by atoms with Crippen molar-refractivity contribution in [2.24, 2.45) is 0 Å². The molecule has 0 aliphatic heterocycles. The van der Waals surface area contributed by atoms with E-state index in [1.807, 2.05) is 0 Å². The van der Waals surface area contributed by atoms with Crippen molar-refractivity contribution in [3.05, 3.63) is 0 Å². The first-order chi connectivity index (χ1) is 2.91. The molecule has 0 aliphatic carbocycles. The second-order valence-corrected chi connectivity index (χ2v) is 1.17. The zero-order chi connectivity index (χ0) is 5.41. The lowest BCUT2D eigenvalue weighted by Gasteiger charge is -1.67. The van der Waals surface area contributed by atoms with Crippen molar-refractivity contribution in [2.75, 3.05) is 12.0 Å². The Morgan fingerprint density at radius 1 is 1.33 bits per heavy atom. The molecule has 6 heavy (non-hydrogen) atoms. The number of thiol groups is 2. The average Bonchev–Trinajstić information content (AvgIpc) is 1.72. The van der Waals surface area contributed by atoms with Crippen molar-refractivity contribution in [1.29, 1.82) is 0 Å². The normalized spacial score (nSPS) is 6.00. The van der Waals surface area contributed by atoms with Gasteiger partial charge in [0.15, 0.2) is 0 Å². The minimum absolute atomic E-state index is 1.01. The summed E-state index contributed by atoms with van der Waals surface area (Å²) in [6.07, 6.45) is 2.88. The van der Waals surface area contributed by atoms with E-state index in [4.69, 9.17) is 0 Å². The fourth-order valence-electron chi connectivity index (χ4n) is 0. The van der Waals surface area contributed by atoms with E-state index in [9.17, 15) is 0 Å². The third-order valence-electron chi connectivity index (χ3n) is 0.224. The van der Waals surface area contributed by atoms with Gasteiger partial charge in [-0.2, -0.15) is 25.3 Å². The Morgan fingerprint density at radius 3 is 1.50 bits per heavy atom. The summed E-state index contributed by atoms with van der Waals surface area (Å²) < 4.78 is 0. The lowest BCUT2D eigenvalue weighted by Crippen LogP contribution is -1.56. The van der Waals surface area contributed by atoms with Crippen LogP contribution in [0.3, 0.4) is 0 Å². The summed E-state index contributed by atoms with van der Waals surface area (Å²) in [6, 6.07) is 0. The summed E-state index contributed by atoms with van der Waals surface area (Å²) in [6.45, 7) is 2.10. The Balaban J connectivity index is 0. The minimum Gasteiger partial charge on any atom is -0.183 e. The van der Waals surface area contributed by atoms with Crippen LogP contribution in [0.25, 0.3) is 0 Å². The molecule has 0 unspecified atom stereocenters. The van der Waals surface area contributed by atoms with Gasteiger partial charge in [0.1, 0.15) is 0 Å². The van der Waals surface area contributed by atoms with Gasteiger partial charge in [-0.25, -0.2) is 0 Å². The summed E-state index contributed by atoms with van der Waals surface area (Å²) in [7, 11) is 0. The fraction of sp³-hybridized carbons (Fsp3) is 1.00. The van der Waals surface area contributed by atoms with Gasteiger partial charge in [0, 0.05) is 0 Å². The molecule has 0 nitrogen and oxygen atoms in total. The van der Waals surface area contributed by atoms with E-state index in [0.29, 0.717) is 0 Å². The average molecular weight is 124 g/mol. The van der Waals surface area contributed by atoms with E-state index < -0.39 is 0 Å². The van der Waals surface area contributed by atoms with Crippen LogP contribution >= 0.6 is 25.3 Å². The van der Waals surface area contributed by atoms with E-state index >= 15 is 0 Å². The molecule has 0 aromatic rings. The van der Waals surface area contributed by atoms with Gasteiger partial charge in [-0.05, 0) is 18.4 Å². The van der Waals surface area contributed by atoms with Crippen LogP contribution in [0.5, 0.6) is 0 Å². The quantitative estimate of drug-likeness (QED) is 0.490. The van der Waals surface area contributed by atoms with Gasteiger partial charge >= 0.3 is 0 Å². The molecular weight excluding hydrogens is 112 g/mol. The lowest BCUT2D eigenvalue weighted by molar-refractivity contribution is 1.11. The van der Waals surface area contributed by atoms with Crippen LogP contribution in [-0.2, 0) is 0 Å². The third kappa shape index (κ3) is 22.3. The van der Waals surface area contributed by atoms with Crippen LogP contribution in [0.2, 0.25) is 0 Å². The van der Waals surface area contributed by atoms with Gasteiger partial charge in [0.05, 0.1) is 0 Å². The molecule has 0 aromatic carbocycles. The number of rotatable bonds is 1. The maximum atomic E-state index is 3.92. The van der Waals surface area contributed by atoms with Crippen molar-refractivity contribution in [3.63, 3.8) is 0 Å². The minimum atomic E-state index is 1.01. The van der Waals surface area contributed by atoms with Crippen LogP contribution in [-0.4, -0.2) is 12.0 Å². The second kappa shape index (κ2) is 17.3. The largest absolute Gasteiger partial charge is 0.183 e. The van der Waals surface area contributed by atoms with Gasteiger partial charge in [-0.3, -0.25) is 0 Å². The molecule has 0 N–H and O–H groups in total. The van der Waals surface area contributed by atoms with Crippen LogP contribution in [0.1, 0.15) is 13.3 Å². The molecule has 0 heterocycles. The van der Waals surface area contributed by atoms with Crippen molar-refractivity contribution < 1.29 is 0 Å². The fourth-order valence-corrected chi connectivity index (χ4v) is 0. The Hall–Kier alpha value is 0.700. The highest BCUT2D eigenvalue weighted by Crippen LogP contribution is 1.74. The zero-order valence-electron chi connectivity index (χ0n) is 4.31. The summed E-state index contributed by atoms with van der Waals surface area (Å²) in [4.78, 5) is 0. The molecule has 0 saturated carbocycles. The monoisotopic (exact) mass is 124 g/mol. The van der Waals surface area contributed by atoms with Crippen LogP contribution in [0, 0.1) is 0 Å². The Morgan fingerprint density at radius 2 is 1.50 bits per heavy atom. The van der Waals surface area contributed by atoms with Crippen molar-refractivity contribution >= 4 is 25.3 Å². The summed E-state index contributed by atoms with van der Waals surface area (Å²) in [5.74, 6) is 1.01. The van der Waals surface area contributed by atoms with Gasteiger partial charge in [-0.1, -0.05) is 6.92 Å². The summed E-state index contributed by atoms with van der Waals surface area (Å²) in [5.41, 5.74) is 0. The Labute approximate surface area is 51.2 Å². The van der Waals surface area contributed by atoms with Crippen LogP contribution in [0.15, 0.2) is 0 Å². The van der Waals surface area contributed by atoms with Crippen molar-refractivity contribution in [2.45, 2.75) is 13.3 Å². The van der Waals surface area contributed by atoms with E-state index in [1.54, 1.807) is 6.26 Å². The maximum Gasteiger partial charge on any atom is -0.0101 e. The van der Waals surface area contributed by atoms with E-state index in [1.165, 1.54) is 6.42 Å². The molecule has 40 valence electrons. The van der Waals surface area contributed by atoms with E-state index in [0.717, 1.165) is 5.75 Å². The molecule has 0 aliphatic rings. The highest BCUT2D eigenvalue weighted by Gasteiger charge is 1.57. The Kier molecular flexibility index (Phi) is 28.4. The van der Waals surface area contributed by atoms with Gasteiger partial charge < -0.3 is 0 Å². The molecule has 0 aromatic heterocycles. The molecular formula is C4H12S2. The molecule has 0 bridgehead atoms. The smallest absolute Gasteiger partial charge is 0.0101 e. The zero-order valence-corrected chi connectivity index (χ0v) is 6.10. The van der Waals surface area contributed by atoms with Crippen LogP contribution < -0.4 is 0 Å². The Bertz CT molecular complexity index is 7.51.